The lowest BCUT2D eigenvalue weighted by molar-refractivity contribution is -0.152. The maximum Gasteiger partial charge on any atom is 0.422 e. The smallest absolute Gasteiger partial charge is 0.422 e. The molecule has 1 amide bonds. The number of thiazole rings is 1. The summed E-state index contributed by atoms with van der Waals surface area (Å²) in [5.74, 6) is -0.327. The topological polar surface area (TPSA) is 83.6 Å². The molecule has 32 heavy (non-hydrogen) atoms. The van der Waals surface area contributed by atoms with Gasteiger partial charge in [0.1, 0.15) is 0 Å². The summed E-state index contributed by atoms with van der Waals surface area (Å²) in [6.45, 7) is 3.69. The van der Waals surface area contributed by atoms with Crippen LogP contribution in [0.15, 0.2) is 23.7 Å². The van der Waals surface area contributed by atoms with E-state index in [-0.39, 0.29) is 28.7 Å². The zero-order chi connectivity index (χ0) is 23.3. The van der Waals surface area contributed by atoms with E-state index in [1.165, 1.54) is 24.3 Å². The van der Waals surface area contributed by atoms with Crippen LogP contribution in [0.25, 0.3) is 0 Å². The van der Waals surface area contributed by atoms with Gasteiger partial charge in [-0.05, 0) is 38.9 Å². The number of thiophene rings is 1. The largest absolute Gasteiger partial charge is 0.475 e. The molecule has 0 aliphatic carbocycles. The second-order valence-corrected chi connectivity index (χ2v) is 9.65. The highest BCUT2D eigenvalue weighted by molar-refractivity contribution is 7.14. The summed E-state index contributed by atoms with van der Waals surface area (Å²) in [6, 6.07) is 2.39. The first-order valence-electron chi connectivity index (χ1n) is 10.1. The summed E-state index contributed by atoms with van der Waals surface area (Å²) in [5.41, 5.74) is 0. The summed E-state index contributed by atoms with van der Waals surface area (Å²) >= 11 is 2.50. The number of alkyl halides is 3. The fraction of sp³-hybridized carbons (Fsp3) is 0.550. The van der Waals surface area contributed by atoms with E-state index in [1.54, 1.807) is 19.2 Å². The third kappa shape index (κ3) is 7.17. The number of hydrogen-bond acceptors (Lipinski definition) is 8. The van der Waals surface area contributed by atoms with Gasteiger partial charge in [-0.25, -0.2) is 4.98 Å². The van der Waals surface area contributed by atoms with Crippen LogP contribution >= 0.6 is 22.7 Å². The summed E-state index contributed by atoms with van der Waals surface area (Å²) in [6.07, 6.45) is -2.05. The Labute approximate surface area is 192 Å². The van der Waals surface area contributed by atoms with Crippen molar-refractivity contribution in [2.24, 2.45) is 5.92 Å². The molecule has 0 saturated carbocycles. The molecule has 0 aromatic carbocycles. The van der Waals surface area contributed by atoms with Crippen LogP contribution < -0.4 is 15.4 Å². The lowest BCUT2D eigenvalue weighted by Crippen LogP contribution is -2.41. The van der Waals surface area contributed by atoms with E-state index in [0.717, 1.165) is 16.2 Å². The standard InChI is InChI=1S/C20H25F3N4O3S2/c1-12(16-3-4-17(32-16)30-11-20(21,22)23)25-18(29)14-5-7-27(9-14)10-15(13(2)28)26-19-24-6-8-31-19/h3-4,6,8,12,14-15H,5,7,9-11H2,1-2H3,(H,24,26)(H,25,29)/t12-,14-,15?/m1/s1. The highest BCUT2D eigenvalue weighted by atomic mass is 32.1. The lowest BCUT2D eigenvalue weighted by atomic mass is 10.1. The second kappa shape index (κ2) is 10.6. The number of nitrogens with one attached hydrogen (secondary N) is 2. The van der Waals surface area contributed by atoms with Crippen LogP contribution in [0.1, 0.15) is 31.2 Å². The normalized spacial score (nSPS) is 18.8. The van der Waals surface area contributed by atoms with E-state index in [2.05, 4.69) is 20.5 Å². The molecule has 0 bridgehead atoms. The van der Waals surface area contributed by atoms with E-state index in [4.69, 9.17) is 4.74 Å². The summed E-state index contributed by atoms with van der Waals surface area (Å²) in [4.78, 5) is 31.7. The number of anilines is 1. The average molecular weight is 491 g/mol. The minimum atomic E-state index is -4.39. The molecule has 1 saturated heterocycles. The average Bonchev–Trinajstić information content (AvgIpc) is 3.47. The zero-order valence-corrected chi connectivity index (χ0v) is 19.3. The number of likely N-dealkylation sites (tertiary alicyclic amines) is 1. The first-order chi connectivity index (χ1) is 15.1. The number of aromatic nitrogens is 1. The van der Waals surface area contributed by atoms with Crippen molar-refractivity contribution in [2.45, 2.75) is 38.5 Å². The Morgan fingerprint density at radius 2 is 2.16 bits per heavy atom. The molecular formula is C20H25F3N4O3S2. The molecular weight excluding hydrogens is 465 g/mol. The first kappa shape index (κ1) is 24.5. The Morgan fingerprint density at radius 1 is 1.38 bits per heavy atom. The maximum absolute atomic E-state index is 12.7. The van der Waals surface area contributed by atoms with Crippen LogP contribution in [-0.4, -0.2) is 60.0 Å². The number of rotatable bonds is 10. The van der Waals surface area contributed by atoms with Gasteiger partial charge >= 0.3 is 6.18 Å². The van der Waals surface area contributed by atoms with E-state index >= 15 is 0 Å². The van der Waals surface area contributed by atoms with Crippen molar-refractivity contribution in [3.05, 3.63) is 28.6 Å². The number of ether oxygens (including phenoxy) is 1. The van der Waals surface area contributed by atoms with Gasteiger partial charge in [0.05, 0.1) is 18.0 Å². The number of nitrogens with zero attached hydrogens (tertiary/aromatic N) is 2. The maximum atomic E-state index is 12.7. The number of Topliss-reactive ketones (excluding diaryl/α,β-unsaturated/α-hetero) is 1. The van der Waals surface area contributed by atoms with Gasteiger partial charge in [0.15, 0.2) is 22.6 Å². The number of carbonyl (C=O) groups excluding carboxylic acids is 2. The molecule has 2 aromatic heterocycles. The van der Waals surface area contributed by atoms with Crippen molar-refractivity contribution in [2.75, 3.05) is 31.6 Å². The van der Waals surface area contributed by atoms with Crippen molar-refractivity contribution < 1.29 is 27.5 Å². The van der Waals surface area contributed by atoms with E-state index in [0.29, 0.717) is 31.2 Å². The van der Waals surface area contributed by atoms with Crippen molar-refractivity contribution in [1.29, 1.82) is 0 Å². The van der Waals surface area contributed by atoms with Gasteiger partial charge in [0.2, 0.25) is 5.91 Å². The van der Waals surface area contributed by atoms with Crippen LogP contribution in [0.2, 0.25) is 0 Å². The van der Waals surface area contributed by atoms with Gasteiger partial charge < -0.3 is 20.3 Å². The molecule has 1 fully saturated rings. The number of ketones is 1. The highest BCUT2D eigenvalue weighted by Gasteiger charge is 2.32. The molecule has 2 N–H and O–H groups in total. The molecule has 1 aliphatic heterocycles. The molecule has 1 aliphatic rings. The van der Waals surface area contributed by atoms with Gasteiger partial charge in [-0.2, -0.15) is 13.2 Å². The van der Waals surface area contributed by atoms with Crippen LogP contribution in [0.3, 0.4) is 0 Å². The fourth-order valence-corrected chi connectivity index (χ4v) is 4.83. The highest BCUT2D eigenvalue weighted by Crippen LogP contribution is 2.31. The molecule has 0 radical (unpaired) electrons. The molecule has 0 spiro atoms. The molecule has 3 heterocycles. The summed E-state index contributed by atoms with van der Waals surface area (Å²) in [7, 11) is 0. The molecule has 7 nitrogen and oxygen atoms in total. The predicted octanol–water partition coefficient (Wildman–Crippen LogP) is 3.71. The first-order valence-corrected chi connectivity index (χ1v) is 11.8. The van der Waals surface area contributed by atoms with E-state index < -0.39 is 18.8 Å². The van der Waals surface area contributed by atoms with Crippen LogP contribution in [0.5, 0.6) is 5.06 Å². The van der Waals surface area contributed by atoms with Gasteiger partial charge in [-0.15, -0.1) is 22.7 Å². The van der Waals surface area contributed by atoms with Crippen molar-refractivity contribution in [3.63, 3.8) is 0 Å². The number of carbonyl (C=O) groups is 2. The Morgan fingerprint density at radius 3 is 2.81 bits per heavy atom. The van der Waals surface area contributed by atoms with Gasteiger partial charge in [0, 0.05) is 29.5 Å². The Bertz CT molecular complexity index is 904. The summed E-state index contributed by atoms with van der Waals surface area (Å²) < 4.78 is 41.6. The third-order valence-corrected chi connectivity index (χ3v) is 6.96. The van der Waals surface area contributed by atoms with Crippen LogP contribution in [0, 0.1) is 5.92 Å². The minimum Gasteiger partial charge on any atom is -0.475 e. The number of hydrogen-bond donors (Lipinski definition) is 2. The van der Waals surface area contributed by atoms with Gasteiger partial charge in [-0.1, -0.05) is 0 Å². The quantitative estimate of drug-likeness (QED) is 0.528. The van der Waals surface area contributed by atoms with E-state index in [9.17, 15) is 22.8 Å². The van der Waals surface area contributed by atoms with Crippen LogP contribution in [-0.2, 0) is 9.59 Å². The van der Waals surface area contributed by atoms with Crippen LogP contribution in [0.4, 0.5) is 18.3 Å². The second-order valence-electron chi connectivity index (χ2n) is 7.68. The SMILES string of the molecule is CC(=O)C(CN1CC[C@@H](C(=O)N[C@H](C)c2ccc(OCC(F)(F)F)s2)C1)Nc1nccs1. The molecule has 3 rings (SSSR count). The Balaban J connectivity index is 1.48. The number of halogens is 3. The summed E-state index contributed by atoms with van der Waals surface area (Å²) in [5, 5.41) is 8.75. The Kier molecular flexibility index (Phi) is 8.12. The molecule has 3 atom stereocenters. The molecule has 176 valence electrons. The fourth-order valence-electron chi connectivity index (χ4n) is 3.39. The van der Waals surface area contributed by atoms with Crippen molar-refractivity contribution in [3.8, 4) is 5.06 Å². The van der Waals surface area contributed by atoms with Gasteiger partial charge in [-0.3, -0.25) is 9.59 Å². The lowest BCUT2D eigenvalue weighted by Gasteiger charge is -2.23. The minimum absolute atomic E-state index is 0.00275. The van der Waals surface area contributed by atoms with E-state index in [1.807, 2.05) is 5.38 Å². The monoisotopic (exact) mass is 490 g/mol. The zero-order valence-electron chi connectivity index (χ0n) is 17.6. The van der Waals surface area contributed by atoms with Crippen molar-refractivity contribution >= 4 is 39.5 Å². The molecule has 12 heteroatoms. The number of amides is 1. The third-order valence-electron chi connectivity index (χ3n) is 5.07. The van der Waals surface area contributed by atoms with Gasteiger partial charge in [0.25, 0.3) is 0 Å². The van der Waals surface area contributed by atoms with Crippen molar-refractivity contribution in [1.82, 2.24) is 15.2 Å². The molecule has 2 aromatic rings. The predicted molar refractivity (Wildman–Crippen MR) is 117 cm³/mol. The Hall–Kier alpha value is -2.18. The molecule has 1 unspecified atom stereocenters.